The number of aliphatic hydroxyl groups is 1. The molecule has 0 saturated heterocycles. The van der Waals surface area contributed by atoms with Crippen molar-refractivity contribution in [2.75, 3.05) is 19.7 Å². The molecule has 0 saturated carbocycles. The fraction of sp³-hybridized carbons (Fsp3) is 0.417. The first-order chi connectivity index (χ1) is 8.19. The van der Waals surface area contributed by atoms with Crippen molar-refractivity contribution in [2.45, 2.75) is 13.5 Å². The zero-order chi connectivity index (χ0) is 12.7. The Morgan fingerprint density at radius 2 is 2.18 bits per heavy atom. The topological polar surface area (TPSA) is 52.6 Å². The van der Waals surface area contributed by atoms with E-state index in [9.17, 15) is 9.18 Å². The van der Waals surface area contributed by atoms with Crippen LogP contribution in [0, 0.1) is 5.82 Å². The monoisotopic (exact) mass is 240 g/mol. The molecule has 0 radical (unpaired) electrons. The Labute approximate surface area is 100 Å². The zero-order valence-electron chi connectivity index (χ0n) is 9.82. The second-order valence-corrected chi connectivity index (χ2v) is 3.55. The van der Waals surface area contributed by atoms with Gasteiger partial charge < -0.3 is 15.3 Å². The molecule has 0 aliphatic carbocycles. The minimum absolute atomic E-state index is 0.0824. The summed E-state index contributed by atoms with van der Waals surface area (Å²) in [6.45, 7) is 2.66. The second-order valence-electron chi connectivity index (χ2n) is 3.55. The quantitative estimate of drug-likeness (QED) is 0.816. The molecular weight excluding hydrogens is 223 g/mol. The smallest absolute Gasteiger partial charge is 0.317 e. The Morgan fingerprint density at radius 1 is 1.47 bits per heavy atom. The number of benzene rings is 1. The molecule has 1 aromatic carbocycles. The van der Waals surface area contributed by atoms with Gasteiger partial charge in [-0.2, -0.15) is 0 Å². The Morgan fingerprint density at radius 3 is 2.76 bits per heavy atom. The Hall–Kier alpha value is -1.62. The molecule has 0 fully saturated rings. The van der Waals surface area contributed by atoms with E-state index in [1.54, 1.807) is 18.2 Å². The molecule has 0 bridgehead atoms. The normalized spacial score (nSPS) is 10.1. The third kappa shape index (κ3) is 4.03. The number of halogens is 1. The van der Waals surface area contributed by atoms with Gasteiger partial charge in [0.1, 0.15) is 5.82 Å². The molecule has 0 aliphatic heterocycles. The minimum atomic E-state index is -0.335. The van der Waals surface area contributed by atoms with E-state index in [0.29, 0.717) is 12.1 Å². The molecule has 0 heterocycles. The lowest BCUT2D eigenvalue weighted by atomic mass is 10.2. The van der Waals surface area contributed by atoms with Crippen LogP contribution in [0.15, 0.2) is 24.3 Å². The molecule has 0 aliphatic rings. The average molecular weight is 240 g/mol. The van der Waals surface area contributed by atoms with E-state index in [2.05, 4.69) is 5.32 Å². The summed E-state index contributed by atoms with van der Waals surface area (Å²) in [6, 6.07) is 6.00. The molecule has 5 heteroatoms. The summed E-state index contributed by atoms with van der Waals surface area (Å²) in [4.78, 5) is 13.1. The van der Waals surface area contributed by atoms with Gasteiger partial charge in [-0.15, -0.1) is 0 Å². The van der Waals surface area contributed by atoms with Crippen LogP contribution in [0.4, 0.5) is 9.18 Å². The first kappa shape index (κ1) is 13.4. The van der Waals surface area contributed by atoms with Crippen molar-refractivity contribution in [1.82, 2.24) is 10.2 Å². The van der Waals surface area contributed by atoms with Crippen LogP contribution in [0.25, 0.3) is 0 Å². The van der Waals surface area contributed by atoms with Crippen LogP contribution < -0.4 is 5.32 Å². The van der Waals surface area contributed by atoms with E-state index < -0.39 is 0 Å². The van der Waals surface area contributed by atoms with Gasteiger partial charge >= 0.3 is 6.03 Å². The Bertz CT molecular complexity index is 371. The predicted molar refractivity (Wildman–Crippen MR) is 63.0 cm³/mol. The maximum atomic E-state index is 13.3. The van der Waals surface area contributed by atoms with Crippen molar-refractivity contribution >= 4 is 6.03 Å². The summed E-state index contributed by atoms with van der Waals surface area (Å²) in [5.41, 5.74) is 0.445. The number of nitrogens with one attached hydrogen (secondary N) is 1. The molecule has 1 aromatic rings. The molecule has 0 unspecified atom stereocenters. The molecule has 0 aromatic heterocycles. The summed E-state index contributed by atoms with van der Waals surface area (Å²) >= 11 is 0. The standard InChI is InChI=1S/C12H17FN2O2/c1-2-15(7-8-16)12(17)14-9-10-5-3-4-6-11(10)13/h3-6,16H,2,7-9H2,1H3,(H,14,17). The van der Waals surface area contributed by atoms with Gasteiger partial charge in [0.15, 0.2) is 0 Å². The number of carbonyl (C=O) groups is 1. The summed E-state index contributed by atoms with van der Waals surface area (Å²) in [5.74, 6) is -0.335. The number of aliphatic hydroxyl groups excluding tert-OH is 1. The Balaban J connectivity index is 2.50. The van der Waals surface area contributed by atoms with Gasteiger partial charge in [0, 0.05) is 25.2 Å². The maximum absolute atomic E-state index is 13.3. The number of hydrogen-bond acceptors (Lipinski definition) is 2. The van der Waals surface area contributed by atoms with Crippen molar-refractivity contribution in [3.8, 4) is 0 Å². The van der Waals surface area contributed by atoms with Gasteiger partial charge in [-0.1, -0.05) is 18.2 Å². The number of urea groups is 1. The first-order valence-electron chi connectivity index (χ1n) is 5.56. The highest BCUT2D eigenvalue weighted by Gasteiger charge is 2.10. The zero-order valence-corrected chi connectivity index (χ0v) is 9.82. The van der Waals surface area contributed by atoms with Gasteiger partial charge in [-0.25, -0.2) is 9.18 Å². The van der Waals surface area contributed by atoms with Crippen LogP contribution in [0.2, 0.25) is 0 Å². The van der Waals surface area contributed by atoms with Crippen molar-refractivity contribution in [1.29, 1.82) is 0 Å². The molecule has 2 amide bonds. The van der Waals surface area contributed by atoms with Crippen LogP contribution >= 0.6 is 0 Å². The number of nitrogens with zero attached hydrogens (tertiary/aromatic N) is 1. The highest BCUT2D eigenvalue weighted by atomic mass is 19.1. The number of likely N-dealkylation sites (N-methyl/N-ethyl adjacent to an activating group) is 1. The van der Waals surface area contributed by atoms with E-state index in [1.807, 2.05) is 6.92 Å². The van der Waals surface area contributed by atoms with Crippen LogP contribution in [0.1, 0.15) is 12.5 Å². The van der Waals surface area contributed by atoms with E-state index in [-0.39, 0.29) is 31.5 Å². The highest BCUT2D eigenvalue weighted by molar-refractivity contribution is 5.74. The third-order valence-electron chi connectivity index (χ3n) is 2.43. The molecule has 4 nitrogen and oxygen atoms in total. The average Bonchev–Trinajstić information content (AvgIpc) is 2.34. The SMILES string of the molecule is CCN(CCO)C(=O)NCc1ccccc1F. The summed E-state index contributed by atoms with van der Waals surface area (Å²) in [7, 11) is 0. The van der Waals surface area contributed by atoms with Crippen molar-refractivity contribution in [3.05, 3.63) is 35.6 Å². The molecule has 17 heavy (non-hydrogen) atoms. The van der Waals surface area contributed by atoms with Crippen molar-refractivity contribution < 1.29 is 14.3 Å². The molecule has 0 spiro atoms. The van der Waals surface area contributed by atoms with Crippen molar-refractivity contribution in [2.24, 2.45) is 0 Å². The van der Waals surface area contributed by atoms with Gasteiger partial charge in [0.25, 0.3) is 0 Å². The van der Waals surface area contributed by atoms with Gasteiger partial charge in [-0.3, -0.25) is 0 Å². The van der Waals surface area contributed by atoms with Crippen LogP contribution in [-0.4, -0.2) is 35.7 Å². The molecule has 0 atom stereocenters. The number of amides is 2. The van der Waals surface area contributed by atoms with Crippen LogP contribution in [0.5, 0.6) is 0 Å². The summed E-state index contributed by atoms with van der Waals surface area (Å²) in [6.07, 6.45) is 0. The Kier molecular flexibility index (Phi) is 5.42. The van der Waals surface area contributed by atoms with E-state index in [1.165, 1.54) is 11.0 Å². The van der Waals surface area contributed by atoms with Gasteiger partial charge in [0.05, 0.1) is 6.61 Å². The fourth-order valence-electron chi connectivity index (χ4n) is 1.45. The minimum Gasteiger partial charge on any atom is -0.395 e. The number of hydrogen-bond donors (Lipinski definition) is 2. The summed E-state index contributed by atoms with van der Waals surface area (Å²) < 4.78 is 13.3. The largest absolute Gasteiger partial charge is 0.395 e. The van der Waals surface area contributed by atoms with Gasteiger partial charge in [0.2, 0.25) is 0 Å². The predicted octanol–water partition coefficient (Wildman–Crippen LogP) is 1.35. The number of rotatable bonds is 5. The highest BCUT2D eigenvalue weighted by Crippen LogP contribution is 2.05. The third-order valence-corrected chi connectivity index (χ3v) is 2.43. The lowest BCUT2D eigenvalue weighted by molar-refractivity contribution is 0.180. The maximum Gasteiger partial charge on any atom is 0.317 e. The molecule has 2 N–H and O–H groups in total. The van der Waals surface area contributed by atoms with Crippen LogP contribution in [-0.2, 0) is 6.54 Å². The van der Waals surface area contributed by atoms with Crippen LogP contribution in [0.3, 0.4) is 0 Å². The lowest BCUT2D eigenvalue weighted by Crippen LogP contribution is -2.41. The molecular formula is C12H17FN2O2. The molecule has 1 rings (SSSR count). The summed E-state index contributed by atoms with van der Waals surface area (Å²) in [5, 5.41) is 11.4. The van der Waals surface area contributed by atoms with E-state index >= 15 is 0 Å². The fourth-order valence-corrected chi connectivity index (χ4v) is 1.45. The van der Waals surface area contributed by atoms with E-state index in [4.69, 9.17) is 5.11 Å². The van der Waals surface area contributed by atoms with E-state index in [0.717, 1.165) is 0 Å². The number of carbonyl (C=O) groups excluding carboxylic acids is 1. The first-order valence-corrected chi connectivity index (χ1v) is 5.56. The lowest BCUT2D eigenvalue weighted by Gasteiger charge is -2.20. The second kappa shape index (κ2) is 6.85. The van der Waals surface area contributed by atoms with Crippen molar-refractivity contribution in [3.63, 3.8) is 0 Å². The molecule has 94 valence electrons. The van der Waals surface area contributed by atoms with Gasteiger partial charge in [-0.05, 0) is 13.0 Å².